The standard InChI is InChI=1S/C11H16N4OS/c1-3-7-6-8(16-2)4-5-9(7)14-11(17)15-10(12)13/h4-6H,3H2,1-2H3,(H5,12,13,14,15,17). The first-order valence-corrected chi connectivity index (χ1v) is 5.55. The molecule has 0 saturated carbocycles. The van der Waals surface area contributed by atoms with Gasteiger partial charge in [-0.05, 0) is 42.4 Å². The zero-order chi connectivity index (χ0) is 12.8. The van der Waals surface area contributed by atoms with Crippen molar-refractivity contribution in [1.29, 1.82) is 0 Å². The summed E-state index contributed by atoms with van der Waals surface area (Å²) in [6, 6.07) is 5.67. The van der Waals surface area contributed by atoms with Crippen LogP contribution in [-0.2, 0) is 6.42 Å². The Balaban J connectivity index is 2.91. The second kappa shape index (κ2) is 6.05. The van der Waals surface area contributed by atoms with E-state index < -0.39 is 0 Å². The van der Waals surface area contributed by atoms with Crippen molar-refractivity contribution >= 4 is 29.0 Å². The van der Waals surface area contributed by atoms with Crippen LogP contribution in [0.3, 0.4) is 0 Å². The maximum Gasteiger partial charge on any atom is 0.200 e. The van der Waals surface area contributed by atoms with E-state index in [9.17, 15) is 0 Å². The van der Waals surface area contributed by atoms with Gasteiger partial charge in [-0.1, -0.05) is 6.92 Å². The molecule has 5 nitrogen and oxygen atoms in total. The molecule has 92 valence electrons. The average molecular weight is 252 g/mol. The zero-order valence-corrected chi connectivity index (χ0v) is 10.7. The molecule has 0 amide bonds. The molecule has 0 aromatic heterocycles. The number of guanidine groups is 1. The van der Waals surface area contributed by atoms with E-state index in [4.69, 9.17) is 28.4 Å². The molecular weight excluding hydrogens is 236 g/mol. The van der Waals surface area contributed by atoms with Crippen molar-refractivity contribution in [2.24, 2.45) is 16.5 Å². The van der Waals surface area contributed by atoms with Gasteiger partial charge >= 0.3 is 0 Å². The minimum absolute atomic E-state index is 0.0611. The number of aryl methyl sites for hydroxylation is 1. The number of nitrogens with one attached hydrogen (secondary N) is 1. The second-order valence-corrected chi connectivity index (χ2v) is 3.73. The van der Waals surface area contributed by atoms with Crippen LogP contribution in [0.4, 0.5) is 5.69 Å². The van der Waals surface area contributed by atoms with Crippen molar-refractivity contribution in [2.45, 2.75) is 13.3 Å². The third kappa shape index (κ3) is 3.92. The molecule has 1 rings (SSSR count). The van der Waals surface area contributed by atoms with Gasteiger partial charge < -0.3 is 21.5 Å². The Morgan fingerprint density at radius 2 is 2.18 bits per heavy atom. The van der Waals surface area contributed by atoms with Gasteiger partial charge in [0.1, 0.15) is 5.75 Å². The van der Waals surface area contributed by atoms with Crippen LogP contribution in [0.5, 0.6) is 5.75 Å². The normalized spacial score (nSPS) is 9.53. The molecule has 0 bridgehead atoms. The van der Waals surface area contributed by atoms with Crippen molar-refractivity contribution in [3.8, 4) is 5.75 Å². The number of methoxy groups -OCH3 is 1. The lowest BCUT2D eigenvalue weighted by atomic mass is 10.1. The number of nitrogens with two attached hydrogens (primary N) is 2. The highest BCUT2D eigenvalue weighted by atomic mass is 32.1. The van der Waals surface area contributed by atoms with Gasteiger partial charge in [0.15, 0.2) is 5.96 Å². The SMILES string of the molecule is CCc1cc(OC)ccc1NC(=S)N=C(N)N. The molecule has 0 fully saturated rings. The van der Waals surface area contributed by atoms with Gasteiger partial charge in [0.25, 0.3) is 0 Å². The van der Waals surface area contributed by atoms with Gasteiger partial charge in [-0.25, -0.2) is 0 Å². The molecule has 0 aliphatic carbocycles. The molecule has 1 aromatic carbocycles. The lowest BCUT2D eigenvalue weighted by Crippen LogP contribution is -2.25. The van der Waals surface area contributed by atoms with Crippen molar-refractivity contribution in [3.05, 3.63) is 23.8 Å². The number of rotatable bonds is 3. The van der Waals surface area contributed by atoms with Crippen molar-refractivity contribution in [3.63, 3.8) is 0 Å². The number of aliphatic imine (C=N–C) groups is 1. The van der Waals surface area contributed by atoms with Gasteiger partial charge in [-0.3, -0.25) is 0 Å². The Morgan fingerprint density at radius 1 is 1.47 bits per heavy atom. The first-order valence-electron chi connectivity index (χ1n) is 5.14. The maximum atomic E-state index is 5.24. The minimum Gasteiger partial charge on any atom is -0.497 e. The molecule has 0 heterocycles. The number of ether oxygens (including phenoxy) is 1. The topological polar surface area (TPSA) is 85.7 Å². The summed E-state index contributed by atoms with van der Waals surface area (Å²) in [5, 5.41) is 3.21. The molecule has 0 saturated heterocycles. The van der Waals surface area contributed by atoms with E-state index in [1.165, 1.54) is 0 Å². The Bertz CT molecular complexity index is 441. The molecule has 17 heavy (non-hydrogen) atoms. The highest BCUT2D eigenvalue weighted by molar-refractivity contribution is 7.80. The highest BCUT2D eigenvalue weighted by Crippen LogP contribution is 2.22. The largest absolute Gasteiger partial charge is 0.497 e. The first kappa shape index (κ1) is 13.2. The van der Waals surface area contributed by atoms with E-state index in [1.54, 1.807) is 7.11 Å². The summed E-state index contributed by atoms with van der Waals surface area (Å²) in [7, 11) is 1.63. The van der Waals surface area contributed by atoms with Crippen LogP contribution in [0.1, 0.15) is 12.5 Å². The van der Waals surface area contributed by atoms with Crippen LogP contribution in [0.2, 0.25) is 0 Å². The molecular formula is C11H16N4OS. The molecule has 0 spiro atoms. The number of hydrogen-bond donors (Lipinski definition) is 3. The van der Waals surface area contributed by atoms with Gasteiger partial charge in [-0.2, -0.15) is 4.99 Å². The molecule has 0 aliphatic rings. The fourth-order valence-electron chi connectivity index (χ4n) is 1.37. The monoisotopic (exact) mass is 252 g/mol. The van der Waals surface area contributed by atoms with E-state index in [0.717, 1.165) is 23.4 Å². The van der Waals surface area contributed by atoms with Crippen molar-refractivity contribution in [1.82, 2.24) is 0 Å². The highest BCUT2D eigenvalue weighted by Gasteiger charge is 2.04. The molecule has 5 N–H and O–H groups in total. The van der Waals surface area contributed by atoms with E-state index in [1.807, 2.05) is 25.1 Å². The Morgan fingerprint density at radius 3 is 2.71 bits per heavy atom. The average Bonchev–Trinajstić information content (AvgIpc) is 2.28. The first-order chi connectivity index (χ1) is 8.06. The van der Waals surface area contributed by atoms with Crippen LogP contribution < -0.4 is 21.5 Å². The Labute approximate surface area is 106 Å². The zero-order valence-electron chi connectivity index (χ0n) is 9.86. The predicted octanol–water partition coefficient (Wildman–Crippen LogP) is 1.23. The third-order valence-electron chi connectivity index (χ3n) is 2.17. The molecule has 6 heteroatoms. The fraction of sp³-hybridized carbons (Fsp3) is 0.273. The van der Waals surface area contributed by atoms with E-state index >= 15 is 0 Å². The number of nitrogens with zero attached hydrogens (tertiary/aromatic N) is 1. The second-order valence-electron chi connectivity index (χ2n) is 3.34. The quantitative estimate of drug-likeness (QED) is 0.428. The lowest BCUT2D eigenvalue weighted by molar-refractivity contribution is 0.414. The summed E-state index contributed by atoms with van der Waals surface area (Å²) < 4.78 is 5.15. The molecule has 0 radical (unpaired) electrons. The Kier molecular flexibility index (Phi) is 4.71. The predicted molar refractivity (Wildman–Crippen MR) is 74.4 cm³/mol. The van der Waals surface area contributed by atoms with E-state index in [-0.39, 0.29) is 11.1 Å². The van der Waals surface area contributed by atoms with Gasteiger partial charge in [0.05, 0.1) is 7.11 Å². The number of thiocarbonyl (C=S) groups is 1. The van der Waals surface area contributed by atoms with E-state index in [0.29, 0.717) is 0 Å². The van der Waals surface area contributed by atoms with Crippen LogP contribution in [-0.4, -0.2) is 18.2 Å². The number of benzene rings is 1. The van der Waals surface area contributed by atoms with Crippen molar-refractivity contribution < 1.29 is 4.74 Å². The molecule has 0 unspecified atom stereocenters. The van der Waals surface area contributed by atoms with Crippen LogP contribution in [0.15, 0.2) is 23.2 Å². The third-order valence-corrected chi connectivity index (χ3v) is 2.36. The van der Waals surface area contributed by atoms with Crippen molar-refractivity contribution in [2.75, 3.05) is 12.4 Å². The lowest BCUT2D eigenvalue weighted by Gasteiger charge is -2.11. The summed E-state index contributed by atoms with van der Waals surface area (Å²) in [6.45, 7) is 2.05. The van der Waals surface area contributed by atoms with E-state index in [2.05, 4.69) is 10.3 Å². The summed E-state index contributed by atoms with van der Waals surface area (Å²) in [5.74, 6) is 0.745. The fourth-order valence-corrected chi connectivity index (χ4v) is 1.59. The smallest absolute Gasteiger partial charge is 0.200 e. The number of anilines is 1. The van der Waals surface area contributed by atoms with Gasteiger partial charge in [0.2, 0.25) is 5.11 Å². The summed E-state index contributed by atoms with van der Waals surface area (Å²) >= 11 is 4.99. The minimum atomic E-state index is -0.0611. The van der Waals surface area contributed by atoms with Crippen LogP contribution in [0.25, 0.3) is 0 Å². The number of hydrogen-bond acceptors (Lipinski definition) is 2. The molecule has 0 atom stereocenters. The van der Waals surface area contributed by atoms with Gasteiger partial charge in [0, 0.05) is 5.69 Å². The maximum absolute atomic E-state index is 5.24. The summed E-state index contributed by atoms with van der Waals surface area (Å²) in [5.41, 5.74) is 12.4. The molecule has 0 aliphatic heterocycles. The summed E-state index contributed by atoms with van der Waals surface area (Å²) in [4.78, 5) is 3.75. The molecule has 1 aromatic rings. The van der Waals surface area contributed by atoms with Crippen LogP contribution >= 0.6 is 12.2 Å². The van der Waals surface area contributed by atoms with Crippen LogP contribution in [0, 0.1) is 0 Å². The van der Waals surface area contributed by atoms with Gasteiger partial charge in [-0.15, -0.1) is 0 Å². The Hall–Kier alpha value is -1.82. The summed E-state index contributed by atoms with van der Waals surface area (Å²) in [6.07, 6.45) is 0.851.